The second-order valence-electron chi connectivity index (χ2n) is 10.5. The second kappa shape index (κ2) is 7.54. The summed E-state index contributed by atoms with van der Waals surface area (Å²) in [6, 6.07) is 17.6. The first kappa shape index (κ1) is 20.6. The first-order chi connectivity index (χ1) is 13.6. The average molecular weight is 395 g/mol. The number of rotatable bonds is 6. The molecule has 2 aromatic rings. The number of benzene rings is 2. The molecule has 0 spiro atoms. The van der Waals surface area contributed by atoms with Crippen LogP contribution in [0.3, 0.4) is 0 Å². The van der Waals surface area contributed by atoms with Gasteiger partial charge in [0.05, 0.1) is 13.2 Å². The third-order valence-corrected chi connectivity index (χ3v) is 5.90. The van der Waals surface area contributed by atoms with Crippen molar-refractivity contribution in [1.29, 1.82) is 0 Å². The molecule has 4 rings (SSSR count). The lowest BCUT2D eigenvalue weighted by molar-refractivity contribution is -0.0419. The Morgan fingerprint density at radius 1 is 0.655 bits per heavy atom. The van der Waals surface area contributed by atoms with Gasteiger partial charge in [-0.3, -0.25) is 0 Å². The van der Waals surface area contributed by atoms with Crippen molar-refractivity contribution < 1.29 is 14.2 Å². The maximum atomic E-state index is 6.67. The van der Waals surface area contributed by atoms with E-state index in [0.717, 1.165) is 13.2 Å². The first-order valence-corrected chi connectivity index (χ1v) is 10.7. The topological polar surface area (TPSA) is 34.3 Å². The summed E-state index contributed by atoms with van der Waals surface area (Å²) in [6.07, 6.45) is 0.122. The van der Waals surface area contributed by atoms with Crippen LogP contribution in [0.15, 0.2) is 48.5 Å². The van der Waals surface area contributed by atoms with Crippen molar-refractivity contribution in [3.05, 3.63) is 70.8 Å². The fraction of sp³-hybridized carbons (Fsp3) is 0.538. The van der Waals surface area contributed by atoms with Crippen molar-refractivity contribution in [2.24, 2.45) is 0 Å². The fourth-order valence-electron chi connectivity index (χ4n) is 3.73. The predicted octanol–water partition coefficient (Wildman–Crippen LogP) is 5.88. The van der Waals surface area contributed by atoms with Crippen LogP contribution >= 0.6 is 0 Å². The van der Waals surface area contributed by atoms with Crippen LogP contribution in [0.2, 0.25) is 0 Å². The Balaban J connectivity index is 1.56. The number of hydrogen-bond donors (Lipinski definition) is 0. The highest BCUT2D eigenvalue weighted by molar-refractivity contribution is 5.32. The van der Waals surface area contributed by atoms with E-state index in [2.05, 4.69) is 90.1 Å². The van der Waals surface area contributed by atoms with E-state index in [4.69, 9.17) is 14.2 Å². The van der Waals surface area contributed by atoms with E-state index < -0.39 is 0 Å². The number of hydrogen-bond acceptors (Lipinski definition) is 3. The van der Waals surface area contributed by atoms with E-state index in [-0.39, 0.29) is 35.2 Å². The quantitative estimate of drug-likeness (QED) is 0.574. The molecule has 29 heavy (non-hydrogen) atoms. The zero-order chi connectivity index (χ0) is 20.8. The predicted molar refractivity (Wildman–Crippen MR) is 116 cm³/mol. The summed E-state index contributed by atoms with van der Waals surface area (Å²) in [6.45, 7) is 14.9. The van der Waals surface area contributed by atoms with Crippen molar-refractivity contribution in [3.8, 4) is 0 Å². The minimum atomic E-state index is -0.0690. The molecule has 4 unspecified atom stereocenters. The molecule has 0 radical (unpaired) electrons. The van der Waals surface area contributed by atoms with Gasteiger partial charge < -0.3 is 14.2 Å². The Bertz CT molecular complexity index is 745. The van der Waals surface area contributed by atoms with Crippen LogP contribution in [0.5, 0.6) is 0 Å². The summed E-state index contributed by atoms with van der Waals surface area (Å²) in [5.74, 6) is 0. The van der Waals surface area contributed by atoms with Crippen LogP contribution in [0.1, 0.15) is 76.0 Å². The van der Waals surface area contributed by atoms with Gasteiger partial charge in [0.25, 0.3) is 0 Å². The van der Waals surface area contributed by atoms with Crippen LogP contribution < -0.4 is 0 Å². The Morgan fingerprint density at radius 3 is 1.21 bits per heavy atom. The van der Waals surface area contributed by atoms with Crippen LogP contribution in [0, 0.1) is 0 Å². The molecule has 0 aromatic heterocycles. The Morgan fingerprint density at radius 2 is 0.966 bits per heavy atom. The molecule has 2 aliphatic rings. The molecule has 2 aromatic carbocycles. The second-order valence-corrected chi connectivity index (χ2v) is 10.5. The van der Waals surface area contributed by atoms with E-state index in [9.17, 15) is 0 Å². The smallest absolute Gasteiger partial charge is 0.112 e. The molecule has 0 saturated carbocycles. The average Bonchev–Trinajstić information content (AvgIpc) is 3.54. The highest BCUT2D eigenvalue weighted by atomic mass is 16.6. The highest BCUT2D eigenvalue weighted by Crippen LogP contribution is 2.41. The molecule has 2 aliphatic heterocycles. The molecule has 0 N–H and O–H groups in total. The Labute approximate surface area is 175 Å². The minimum Gasteiger partial charge on any atom is -0.370 e. The van der Waals surface area contributed by atoms with Gasteiger partial charge in [-0.1, -0.05) is 90.1 Å². The lowest BCUT2D eigenvalue weighted by Crippen LogP contribution is -2.20. The zero-order valence-electron chi connectivity index (χ0n) is 18.6. The lowest BCUT2D eigenvalue weighted by atomic mass is 9.86. The molecule has 4 atom stereocenters. The molecule has 0 aliphatic carbocycles. The standard InChI is InChI=1S/C26H34O3/c1-25(2,3)19-11-7-17(8-12-19)23(21-15-27-21)29-24(22-16-28-22)18-9-13-20(14-10-18)26(4,5)6/h7-14,21-24H,15-16H2,1-6H3. The van der Waals surface area contributed by atoms with Crippen LogP contribution in [0.25, 0.3) is 0 Å². The van der Waals surface area contributed by atoms with Crippen LogP contribution in [-0.4, -0.2) is 25.4 Å². The fourth-order valence-corrected chi connectivity index (χ4v) is 3.73. The molecule has 2 saturated heterocycles. The molecule has 2 heterocycles. The highest BCUT2D eigenvalue weighted by Gasteiger charge is 2.42. The van der Waals surface area contributed by atoms with Crippen molar-refractivity contribution in [2.45, 2.75) is 76.8 Å². The minimum absolute atomic E-state index is 0.0690. The van der Waals surface area contributed by atoms with Gasteiger partial charge in [0.1, 0.15) is 24.4 Å². The van der Waals surface area contributed by atoms with E-state index in [1.54, 1.807) is 0 Å². The summed E-state index contributed by atoms with van der Waals surface area (Å²) in [5.41, 5.74) is 5.30. The van der Waals surface area contributed by atoms with E-state index in [1.165, 1.54) is 22.3 Å². The van der Waals surface area contributed by atoms with Crippen molar-refractivity contribution >= 4 is 0 Å². The molecular formula is C26H34O3. The van der Waals surface area contributed by atoms with E-state index >= 15 is 0 Å². The van der Waals surface area contributed by atoms with Crippen molar-refractivity contribution in [3.63, 3.8) is 0 Å². The number of ether oxygens (including phenoxy) is 3. The van der Waals surface area contributed by atoms with Gasteiger partial charge in [-0.05, 0) is 33.1 Å². The molecule has 3 heteroatoms. The first-order valence-electron chi connectivity index (χ1n) is 10.7. The molecular weight excluding hydrogens is 360 g/mol. The van der Waals surface area contributed by atoms with Crippen LogP contribution in [-0.2, 0) is 25.0 Å². The summed E-state index contributed by atoms with van der Waals surface area (Å²) in [5, 5.41) is 0. The van der Waals surface area contributed by atoms with Gasteiger partial charge in [-0.25, -0.2) is 0 Å². The largest absolute Gasteiger partial charge is 0.370 e. The van der Waals surface area contributed by atoms with Gasteiger partial charge in [-0.15, -0.1) is 0 Å². The normalized spacial score (nSPS) is 23.5. The molecule has 156 valence electrons. The van der Waals surface area contributed by atoms with Gasteiger partial charge >= 0.3 is 0 Å². The van der Waals surface area contributed by atoms with E-state index in [0.29, 0.717) is 0 Å². The van der Waals surface area contributed by atoms with Crippen molar-refractivity contribution in [1.82, 2.24) is 0 Å². The summed E-state index contributed by atoms with van der Waals surface area (Å²) in [4.78, 5) is 0. The molecule has 2 fully saturated rings. The van der Waals surface area contributed by atoms with Gasteiger partial charge in [0.2, 0.25) is 0 Å². The van der Waals surface area contributed by atoms with Gasteiger partial charge in [0.15, 0.2) is 0 Å². The van der Waals surface area contributed by atoms with Crippen molar-refractivity contribution in [2.75, 3.05) is 13.2 Å². The third-order valence-electron chi connectivity index (χ3n) is 5.90. The SMILES string of the molecule is CC(C)(C)c1ccc(C(OC(c2ccc(C(C)(C)C)cc2)C2CO2)C2CO2)cc1. The van der Waals surface area contributed by atoms with Gasteiger partial charge in [-0.2, -0.15) is 0 Å². The Kier molecular flexibility index (Phi) is 5.35. The summed E-state index contributed by atoms with van der Waals surface area (Å²) in [7, 11) is 0. The zero-order valence-corrected chi connectivity index (χ0v) is 18.6. The monoisotopic (exact) mass is 394 g/mol. The molecule has 0 amide bonds. The molecule has 0 bridgehead atoms. The van der Waals surface area contributed by atoms with Crippen LogP contribution in [0.4, 0.5) is 0 Å². The lowest BCUT2D eigenvalue weighted by Gasteiger charge is -2.26. The number of epoxide rings is 2. The third kappa shape index (κ3) is 4.91. The maximum Gasteiger partial charge on any atom is 0.112 e. The van der Waals surface area contributed by atoms with Gasteiger partial charge in [0, 0.05) is 0 Å². The van der Waals surface area contributed by atoms with E-state index in [1.807, 2.05) is 0 Å². The maximum absolute atomic E-state index is 6.67. The summed E-state index contributed by atoms with van der Waals surface area (Å²) >= 11 is 0. The Hall–Kier alpha value is -1.68. The molecule has 3 nitrogen and oxygen atoms in total. The summed E-state index contributed by atoms with van der Waals surface area (Å²) < 4.78 is 18.0.